The molecular formula is C10H19N5. The van der Waals surface area contributed by atoms with Crippen molar-refractivity contribution in [2.45, 2.75) is 38.5 Å². The predicted octanol–water partition coefficient (Wildman–Crippen LogP) is 4.23. The molecule has 0 bridgehead atoms. The van der Waals surface area contributed by atoms with Crippen LogP contribution < -0.4 is 0 Å². The van der Waals surface area contributed by atoms with Crippen LogP contribution in [0.3, 0.4) is 0 Å². The first-order valence-corrected chi connectivity index (χ1v) is 5.40. The van der Waals surface area contributed by atoms with Gasteiger partial charge in [-0.3, -0.25) is 0 Å². The first-order valence-electron chi connectivity index (χ1n) is 5.40. The van der Waals surface area contributed by atoms with Gasteiger partial charge in [-0.05, 0) is 18.4 Å². The minimum Gasteiger partial charge on any atom is -0.189 e. The lowest BCUT2D eigenvalue weighted by Crippen LogP contribution is -1.84. The van der Waals surface area contributed by atoms with Gasteiger partial charge in [-0.25, -0.2) is 0 Å². The van der Waals surface area contributed by atoms with Gasteiger partial charge in [-0.15, -0.1) is 0 Å². The SMILES string of the molecule is C=CN=NCCCCCCCCN=[N+]=[N-]. The van der Waals surface area contributed by atoms with E-state index < -0.39 is 0 Å². The van der Waals surface area contributed by atoms with Crippen molar-refractivity contribution in [2.75, 3.05) is 13.1 Å². The summed E-state index contributed by atoms with van der Waals surface area (Å²) >= 11 is 0. The summed E-state index contributed by atoms with van der Waals surface area (Å²) in [6, 6.07) is 0. The molecule has 15 heavy (non-hydrogen) atoms. The smallest absolute Gasteiger partial charge is 0.0603 e. The molecule has 0 aromatic rings. The van der Waals surface area contributed by atoms with Gasteiger partial charge in [-0.2, -0.15) is 10.2 Å². The van der Waals surface area contributed by atoms with Gasteiger partial charge in [-0.1, -0.05) is 37.4 Å². The van der Waals surface area contributed by atoms with Crippen molar-refractivity contribution in [2.24, 2.45) is 15.3 Å². The van der Waals surface area contributed by atoms with Crippen LogP contribution in [0.5, 0.6) is 0 Å². The van der Waals surface area contributed by atoms with Gasteiger partial charge in [0, 0.05) is 17.7 Å². The molecule has 0 fully saturated rings. The van der Waals surface area contributed by atoms with E-state index in [9.17, 15) is 0 Å². The highest BCUT2D eigenvalue weighted by Crippen LogP contribution is 2.05. The quantitative estimate of drug-likeness (QED) is 0.223. The Morgan fingerprint density at radius 3 is 2.20 bits per heavy atom. The third kappa shape index (κ3) is 12.6. The number of hydrogen-bond donors (Lipinski definition) is 0. The number of azo groups is 1. The topological polar surface area (TPSA) is 73.5 Å². The molecule has 0 amide bonds. The summed E-state index contributed by atoms with van der Waals surface area (Å²) < 4.78 is 0. The molecule has 0 N–H and O–H groups in total. The van der Waals surface area contributed by atoms with Gasteiger partial charge in [0.25, 0.3) is 0 Å². The second-order valence-corrected chi connectivity index (χ2v) is 3.24. The number of hydrogen-bond acceptors (Lipinski definition) is 3. The standard InChI is InChI=1S/C10H19N5/c1-2-12-13-9-7-5-3-4-6-8-10-14-15-11/h2H,1,3-10H2. The molecule has 0 aliphatic carbocycles. The van der Waals surface area contributed by atoms with Gasteiger partial charge in [0.05, 0.1) is 6.54 Å². The maximum absolute atomic E-state index is 8.04. The fourth-order valence-corrected chi connectivity index (χ4v) is 1.23. The number of nitrogens with zero attached hydrogens (tertiary/aromatic N) is 5. The lowest BCUT2D eigenvalue weighted by molar-refractivity contribution is 0.598. The highest BCUT2D eigenvalue weighted by molar-refractivity contribution is 4.57. The third-order valence-corrected chi connectivity index (χ3v) is 1.99. The van der Waals surface area contributed by atoms with E-state index in [0.717, 1.165) is 25.8 Å². The van der Waals surface area contributed by atoms with Gasteiger partial charge in [0.15, 0.2) is 0 Å². The van der Waals surface area contributed by atoms with Crippen LogP contribution in [0.1, 0.15) is 38.5 Å². The first kappa shape index (κ1) is 13.7. The Morgan fingerprint density at radius 2 is 1.60 bits per heavy atom. The minimum atomic E-state index is 0.629. The second kappa shape index (κ2) is 12.7. The molecule has 0 aromatic carbocycles. The van der Waals surface area contributed by atoms with Gasteiger partial charge in [0.2, 0.25) is 0 Å². The summed E-state index contributed by atoms with van der Waals surface area (Å²) in [6.07, 6.45) is 8.31. The van der Waals surface area contributed by atoms with Crippen LogP contribution in [0.25, 0.3) is 10.4 Å². The molecule has 84 valence electrons. The molecule has 0 rings (SSSR count). The number of unbranched alkanes of at least 4 members (excludes halogenated alkanes) is 5. The van der Waals surface area contributed by atoms with E-state index in [-0.39, 0.29) is 0 Å². The van der Waals surface area contributed by atoms with Crippen molar-refractivity contribution in [3.63, 3.8) is 0 Å². The number of azide groups is 1. The Bertz CT molecular complexity index is 218. The van der Waals surface area contributed by atoms with Crippen LogP contribution in [0.2, 0.25) is 0 Å². The maximum atomic E-state index is 8.04. The van der Waals surface area contributed by atoms with Crippen molar-refractivity contribution >= 4 is 0 Å². The van der Waals surface area contributed by atoms with Crippen molar-refractivity contribution < 1.29 is 0 Å². The summed E-state index contributed by atoms with van der Waals surface area (Å²) in [5.74, 6) is 0. The van der Waals surface area contributed by atoms with Crippen molar-refractivity contribution in [1.29, 1.82) is 0 Å². The summed E-state index contributed by atoms with van der Waals surface area (Å²) in [4.78, 5) is 2.71. The van der Waals surface area contributed by atoms with Crippen LogP contribution in [0, 0.1) is 0 Å². The fourth-order valence-electron chi connectivity index (χ4n) is 1.23. The van der Waals surface area contributed by atoms with Crippen LogP contribution in [-0.4, -0.2) is 13.1 Å². The molecular weight excluding hydrogens is 190 g/mol. The molecule has 0 atom stereocenters. The molecule has 0 saturated heterocycles. The molecule has 5 heteroatoms. The molecule has 0 spiro atoms. The second-order valence-electron chi connectivity index (χ2n) is 3.24. The summed E-state index contributed by atoms with van der Waals surface area (Å²) in [7, 11) is 0. The molecule has 0 aliphatic rings. The van der Waals surface area contributed by atoms with E-state index >= 15 is 0 Å². The average Bonchev–Trinajstić information content (AvgIpc) is 2.26. The van der Waals surface area contributed by atoms with E-state index in [1.54, 1.807) is 0 Å². The summed E-state index contributed by atoms with van der Waals surface area (Å²) in [5, 5.41) is 11.1. The maximum Gasteiger partial charge on any atom is 0.0603 e. The zero-order valence-corrected chi connectivity index (χ0v) is 9.18. The Kier molecular flexibility index (Phi) is 11.5. The minimum absolute atomic E-state index is 0.629. The van der Waals surface area contributed by atoms with Crippen molar-refractivity contribution in [1.82, 2.24) is 0 Å². The summed E-state index contributed by atoms with van der Waals surface area (Å²) in [6.45, 7) is 4.87. The molecule has 0 unspecified atom stereocenters. The van der Waals surface area contributed by atoms with Crippen LogP contribution >= 0.6 is 0 Å². The lowest BCUT2D eigenvalue weighted by Gasteiger charge is -1.97. The third-order valence-electron chi connectivity index (χ3n) is 1.99. The molecule has 0 saturated carbocycles. The van der Waals surface area contributed by atoms with E-state index in [4.69, 9.17) is 5.53 Å². The van der Waals surface area contributed by atoms with E-state index in [1.807, 2.05) is 0 Å². The zero-order valence-electron chi connectivity index (χ0n) is 9.18. The predicted molar refractivity (Wildman–Crippen MR) is 61.6 cm³/mol. The van der Waals surface area contributed by atoms with Gasteiger partial charge in [0.1, 0.15) is 0 Å². The van der Waals surface area contributed by atoms with E-state index in [2.05, 4.69) is 26.8 Å². The Balaban J connectivity index is 3.01. The molecule has 5 nitrogen and oxygen atoms in total. The fraction of sp³-hybridized carbons (Fsp3) is 0.800. The Labute approximate surface area is 90.9 Å². The van der Waals surface area contributed by atoms with E-state index in [0.29, 0.717) is 6.54 Å². The van der Waals surface area contributed by atoms with Crippen LogP contribution in [-0.2, 0) is 0 Å². The normalized spacial score (nSPS) is 10.1. The average molecular weight is 209 g/mol. The monoisotopic (exact) mass is 209 g/mol. The summed E-state index contributed by atoms with van der Waals surface area (Å²) in [5.41, 5.74) is 8.04. The van der Waals surface area contributed by atoms with Crippen molar-refractivity contribution in [3.05, 3.63) is 23.2 Å². The molecule has 0 radical (unpaired) electrons. The Hall–Kier alpha value is -1.35. The molecule has 0 aliphatic heterocycles. The van der Waals surface area contributed by atoms with Crippen LogP contribution in [0.4, 0.5) is 0 Å². The first-order chi connectivity index (χ1) is 7.41. The molecule has 0 heterocycles. The Morgan fingerprint density at radius 1 is 1.00 bits per heavy atom. The highest BCUT2D eigenvalue weighted by Gasteiger charge is 1.90. The zero-order chi connectivity index (χ0) is 11.2. The largest absolute Gasteiger partial charge is 0.189 e. The lowest BCUT2D eigenvalue weighted by atomic mass is 10.1. The van der Waals surface area contributed by atoms with Gasteiger partial charge >= 0.3 is 0 Å². The van der Waals surface area contributed by atoms with E-state index in [1.165, 1.54) is 25.5 Å². The van der Waals surface area contributed by atoms with Crippen molar-refractivity contribution in [3.8, 4) is 0 Å². The highest BCUT2D eigenvalue weighted by atomic mass is 15.1. The van der Waals surface area contributed by atoms with Crippen LogP contribution in [0.15, 0.2) is 28.1 Å². The molecule has 0 aromatic heterocycles. The van der Waals surface area contributed by atoms with Gasteiger partial charge < -0.3 is 0 Å². The number of rotatable bonds is 10.